The minimum absolute atomic E-state index is 0.140. The Morgan fingerprint density at radius 1 is 1.47 bits per heavy atom. The van der Waals surface area contributed by atoms with Crippen LogP contribution in [-0.2, 0) is 0 Å². The molecule has 0 amide bonds. The summed E-state index contributed by atoms with van der Waals surface area (Å²) in [6.45, 7) is 5.73. The Morgan fingerprint density at radius 3 is 3.00 bits per heavy atom. The van der Waals surface area contributed by atoms with Gasteiger partial charge in [-0.1, -0.05) is 13.8 Å². The Kier molecular flexibility index (Phi) is 3.15. The summed E-state index contributed by atoms with van der Waals surface area (Å²) in [5, 5.41) is 12.3. The molecule has 0 spiro atoms. The SMILES string of the molecule is CC1(C)CN(c2nc(Cl)nc3ccsc23)CCC1O. The lowest BCUT2D eigenvalue weighted by atomic mass is 9.81. The summed E-state index contributed by atoms with van der Waals surface area (Å²) in [6, 6.07) is 1.96. The van der Waals surface area contributed by atoms with Crippen molar-refractivity contribution in [3.8, 4) is 0 Å². The molecule has 0 aromatic carbocycles. The Bertz CT molecular complexity index is 613. The largest absolute Gasteiger partial charge is 0.392 e. The van der Waals surface area contributed by atoms with Gasteiger partial charge in [0.2, 0.25) is 5.28 Å². The van der Waals surface area contributed by atoms with Crippen LogP contribution in [0.4, 0.5) is 5.82 Å². The van der Waals surface area contributed by atoms with Gasteiger partial charge in [-0.2, -0.15) is 4.98 Å². The maximum atomic E-state index is 10.0. The molecular weight excluding hydrogens is 282 g/mol. The molecular formula is C13H16ClN3OS. The summed E-state index contributed by atoms with van der Waals surface area (Å²) in [5.41, 5.74) is 0.753. The Labute approximate surface area is 121 Å². The number of piperidine rings is 1. The number of anilines is 1. The van der Waals surface area contributed by atoms with Crippen LogP contribution in [0.1, 0.15) is 20.3 Å². The molecule has 4 nitrogen and oxygen atoms in total. The number of hydrogen-bond donors (Lipinski definition) is 1. The summed E-state index contributed by atoms with van der Waals surface area (Å²) in [4.78, 5) is 10.8. The molecule has 3 rings (SSSR count). The van der Waals surface area contributed by atoms with Gasteiger partial charge in [0.15, 0.2) is 5.82 Å². The average molecular weight is 298 g/mol. The van der Waals surface area contributed by atoms with E-state index in [1.54, 1.807) is 11.3 Å². The van der Waals surface area contributed by atoms with Crippen LogP contribution in [0.15, 0.2) is 11.4 Å². The maximum absolute atomic E-state index is 10.0. The van der Waals surface area contributed by atoms with Crippen molar-refractivity contribution in [2.75, 3.05) is 18.0 Å². The molecule has 0 aliphatic carbocycles. The predicted molar refractivity (Wildman–Crippen MR) is 79.0 cm³/mol. The zero-order chi connectivity index (χ0) is 13.6. The van der Waals surface area contributed by atoms with Crippen LogP contribution in [0.5, 0.6) is 0 Å². The van der Waals surface area contributed by atoms with E-state index >= 15 is 0 Å². The van der Waals surface area contributed by atoms with Crippen LogP contribution in [0.3, 0.4) is 0 Å². The molecule has 2 aromatic heterocycles. The summed E-state index contributed by atoms with van der Waals surface area (Å²) >= 11 is 7.64. The lowest BCUT2D eigenvalue weighted by Crippen LogP contribution is -2.49. The van der Waals surface area contributed by atoms with Crippen LogP contribution >= 0.6 is 22.9 Å². The van der Waals surface area contributed by atoms with E-state index in [-0.39, 0.29) is 16.8 Å². The number of halogens is 1. The van der Waals surface area contributed by atoms with E-state index in [0.717, 1.165) is 35.5 Å². The van der Waals surface area contributed by atoms with Crippen LogP contribution in [0.2, 0.25) is 5.28 Å². The third kappa shape index (κ3) is 2.30. The number of nitrogens with zero attached hydrogens (tertiary/aromatic N) is 3. The number of aliphatic hydroxyl groups excluding tert-OH is 1. The van der Waals surface area contributed by atoms with Crippen molar-refractivity contribution >= 4 is 39.0 Å². The van der Waals surface area contributed by atoms with Gasteiger partial charge in [-0.05, 0) is 29.5 Å². The second-order valence-electron chi connectivity index (χ2n) is 5.67. The van der Waals surface area contributed by atoms with E-state index in [1.807, 2.05) is 11.4 Å². The third-order valence-corrected chi connectivity index (χ3v) is 4.80. The molecule has 0 bridgehead atoms. The standard InChI is InChI=1S/C13H16ClN3OS/c1-13(2)7-17(5-3-9(13)18)11-10-8(4-6-19-10)15-12(14)16-11/h4,6,9,18H,3,5,7H2,1-2H3. The number of fused-ring (bicyclic) bond motifs is 1. The van der Waals surface area contributed by atoms with Gasteiger partial charge in [0, 0.05) is 18.5 Å². The van der Waals surface area contributed by atoms with Crippen LogP contribution < -0.4 is 4.90 Å². The van der Waals surface area contributed by atoms with Gasteiger partial charge in [0.1, 0.15) is 0 Å². The van der Waals surface area contributed by atoms with E-state index in [4.69, 9.17) is 11.6 Å². The van der Waals surface area contributed by atoms with Crippen LogP contribution in [0, 0.1) is 5.41 Å². The quantitative estimate of drug-likeness (QED) is 0.822. The molecule has 1 saturated heterocycles. The van der Waals surface area contributed by atoms with Gasteiger partial charge in [-0.25, -0.2) is 4.98 Å². The van der Waals surface area contributed by atoms with Crippen molar-refractivity contribution in [2.45, 2.75) is 26.4 Å². The fraction of sp³-hybridized carbons (Fsp3) is 0.538. The van der Waals surface area contributed by atoms with Gasteiger partial charge in [0.05, 0.1) is 16.3 Å². The Balaban J connectivity index is 2.02. The molecule has 1 N–H and O–H groups in total. The van der Waals surface area contributed by atoms with E-state index < -0.39 is 0 Å². The monoisotopic (exact) mass is 297 g/mol. The van der Waals surface area contributed by atoms with Crippen molar-refractivity contribution in [1.29, 1.82) is 0 Å². The Morgan fingerprint density at radius 2 is 2.26 bits per heavy atom. The fourth-order valence-corrected chi connectivity index (χ4v) is 3.58. The normalized spacial score (nSPS) is 22.9. The first-order valence-electron chi connectivity index (χ1n) is 6.31. The molecule has 1 unspecified atom stereocenters. The van der Waals surface area contributed by atoms with Crippen molar-refractivity contribution in [3.63, 3.8) is 0 Å². The van der Waals surface area contributed by atoms with E-state index in [1.165, 1.54) is 0 Å². The molecule has 6 heteroatoms. The first kappa shape index (κ1) is 13.1. The summed E-state index contributed by atoms with van der Waals surface area (Å²) in [7, 11) is 0. The van der Waals surface area contributed by atoms with Crippen LogP contribution in [0.25, 0.3) is 10.2 Å². The van der Waals surface area contributed by atoms with Crippen LogP contribution in [-0.4, -0.2) is 34.3 Å². The highest BCUT2D eigenvalue weighted by Crippen LogP contribution is 2.36. The number of aromatic nitrogens is 2. The van der Waals surface area contributed by atoms with Gasteiger partial charge in [-0.15, -0.1) is 11.3 Å². The minimum atomic E-state index is -0.264. The summed E-state index contributed by atoms with van der Waals surface area (Å²) < 4.78 is 1.07. The van der Waals surface area contributed by atoms with E-state index in [0.29, 0.717) is 0 Å². The topological polar surface area (TPSA) is 49.2 Å². The molecule has 1 aliphatic rings. The summed E-state index contributed by atoms with van der Waals surface area (Å²) in [6.07, 6.45) is 0.487. The van der Waals surface area contributed by atoms with E-state index in [9.17, 15) is 5.11 Å². The highest BCUT2D eigenvalue weighted by molar-refractivity contribution is 7.17. The second kappa shape index (κ2) is 4.58. The van der Waals surface area contributed by atoms with E-state index in [2.05, 4.69) is 28.7 Å². The lowest BCUT2D eigenvalue weighted by Gasteiger charge is -2.42. The fourth-order valence-electron chi connectivity index (χ4n) is 2.56. The molecule has 19 heavy (non-hydrogen) atoms. The molecule has 2 aromatic rings. The van der Waals surface area contributed by atoms with Gasteiger partial charge >= 0.3 is 0 Å². The first-order chi connectivity index (χ1) is 8.97. The average Bonchev–Trinajstić information content (AvgIpc) is 2.79. The van der Waals surface area contributed by atoms with Crippen molar-refractivity contribution in [3.05, 3.63) is 16.7 Å². The minimum Gasteiger partial charge on any atom is -0.392 e. The zero-order valence-corrected chi connectivity index (χ0v) is 12.5. The highest BCUT2D eigenvalue weighted by atomic mass is 35.5. The van der Waals surface area contributed by atoms with Gasteiger partial charge in [0.25, 0.3) is 0 Å². The first-order valence-corrected chi connectivity index (χ1v) is 7.57. The molecule has 0 radical (unpaired) electrons. The van der Waals surface area contributed by atoms with Crippen molar-refractivity contribution in [2.24, 2.45) is 5.41 Å². The van der Waals surface area contributed by atoms with Gasteiger partial charge in [-0.3, -0.25) is 0 Å². The Hall–Kier alpha value is -0.910. The second-order valence-corrected chi connectivity index (χ2v) is 6.92. The summed E-state index contributed by atoms with van der Waals surface area (Å²) in [5.74, 6) is 0.893. The number of hydrogen-bond acceptors (Lipinski definition) is 5. The maximum Gasteiger partial charge on any atom is 0.224 e. The van der Waals surface area contributed by atoms with Gasteiger partial charge < -0.3 is 10.0 Å². The molecule has 1 atom stereocenters. The predicted octanol–water partition coefficient (Wildman–Crippen LogP) is 2.94. The lowest BCUT2D eigenvalue weighted by molar-refractivity contribution is 0.0335. The number of thiophene rings is 1. The third-order valence-electron chi connectivity index (χ3n) is 3.73. The number of aliphatic hydroxyl groups is 1. The molecule has 3 heterocycles. The molecule has 1 fully saturated rings. The van der Waals surface area contributed by atoms with Crippen molar-refractivity contribution < 1.29 is 5.11 Å². The molecule has 102 valence electrons. The number of rotatable bonds is 1. The highest BCUT2D eigenvalue weighted by Gasteiger charge is 2.35. The smallest absolute Gasteiger partial charge is 0.224 e. The molecule has 1 aliphatic heterocycles. The zero-order valence-electron chi connectivity index (χ0n) is 10.9. The van der Waals surface area contributed by atoms with Crippen molar-refractivity contribution in [1.82, 2.24) is 9.97 Å². The molecule has 0 saturated carbocycles.